The van der Waals surface area contributed by atoms with Crippen LogP contribution >= 0.6 is 0 Å². The smallest absolute Gasteiger partial charge is 0.152 e. The average molecular weight is 234 g/mol. The summed E-state index contributed by atoms with van der Waals surface area (Å²) in [6, 6.07) is 7.78. The van der Waals surface area contributed by atoms with Crippen LogP contribution in [0.5, 0.6) is 0 Å². The fourth-order valence-electron chi connectivity index (χ4n) is 1.90. The highest BCUT2D eigenvalue weighted by Crippen LogP contribution is 2.18. The van der Waals surface area contributed by atoms with E-state index in [0.29, 0.717) is 0 Å². The van der Waals surface area contributed by atoms with Gasteiger partial charge in [-0.2, -0.15) is 0 Å². The van der Waals surface area contributed by atoms with Gasteiger partial charge in [0.05, 0.1) is 0 Å². The van der Waals surface area contributed by atoms with Crippen LogP contribution in [0.15, 0.2) is 24.3 Å². The summed E-state index contributed by atoms with van der Waals surface area (Å²) in [5, 5.41) is 0. The van der Waals surface area contributed by atoms with E-state index in [2.05, 4.69) is 30.8 Å². The molecule has 1 rings (SSSR count). The molecule has 0 aliphatic carbocycles. The maximum atomic E-state index is 11.0. The number of aldehydes is 1. The van der Waals surface area contributed by atoms with E-state index in [-0.39, 0.29) is 0 Å². The van der Waals surface area contributed by atoms with Gasteiger partial charge in [-0.3, -0.25) is 4.79 Å². The molecule has 0 atom stereocenters. The summed E-state index contributed by atoms with van der Waals surface area (Å²) >= 11 is 0. The number of benzene rings is 1. The quantitative estimate of drug-likeness (QED) is 0.676. The third kappa shape index (κ3) is 4.19. The first kappa shape index (κ1) is 13.7. The minimum absolute atomic E-state index is 0.777. The second-order valence-corrected chi connectivity index (χ2v) is 4.41. The predicted octanol–water partition coefficient (Wildman–Crippen LogP) is 2.28. The second-order valence-electron chi connectivity index (χ2n) is 4.41. The number of carbonyl (C=O) groups excluding carboxylic acids is 1. The molecule has 0 N–H and O–H groups in total. The van der Waals surface area contributed by atoms with Crippen LogP contribution in [0, 0.1) is 0 Å². The average Bonchev–Trinajstić information content (AvgIpc) is 2.34. The lowest BCUT2D eigenvalue weighted by Gasteiger charge is -2.25. The van der Waals surface area contributed by atoms with E-state index in [1.807, 2.05) is 24.3 Å². The van der Waals surface area contributed by atoms with Gasteiger partial charge in [-0.25, -0.2) is 0 Å². The van der Waals surface area contributed by atoms with Crippen molar-refractivity contribution >= 4 is 12.0 Å². The summed E-state index contributed by atoms with van der Waals surface area (Å²) in [6.07, 6.45) is 2.04. The lowest BCUT2D eigenvalue weighted by Crippen LogP contribution is -2.27. The summed E-state index contributed by atoms with van der Waals surface area (Å²) in [6.45, 7) is 5.11. The molecule has 0 aliphatic rings. The zero-order chi connectivity index (χ0) is 12.7. The Hall–Kier alpha value is -1.35. The van der Waals surface area contributed by atoms with Crippen LogP contribution in [-0.4, -0.2) is 44.9 Å². The number of hydrogen-bond donors (Lipinski definition) is 0. The van der Waals surface area contributed by atoms with Gasteiger partial charge < -0.3 is 9.80 Å². The third-order valence-corrected chi connectivity index (χ3v) is 2.82. The lowest BCUT2D eigenvalue weighted by atomic mass is 10.1. The molecule has 0 saturated heterocycles. The number of carbonyl (C=O) groups is 1. The molecule has 0 radical (unpaired) electrons. The zero-order valence-corrected chi connectivity index (χ0v) is 11.0. The Morgan fingerprint density at radius 2 is 1.88 bits per heavy atom. The number of para-hydroxylation sites is 1. The van der Waals surface area contributed by atoms with E-state index in [1.165, 1.54) is 0 Å². The molecule has 0 unspecified atom stereocenters. The van der Waals surface area contributed by atoms with Crippen molar-refractivity contribution < 1.29 is 4.79 Å². The first-order valence-corrected chi connectivity index (χ1v) is 6.13. The monoisotopic (exact) mass is 234 g/mol. The summed E-state index contributed by atoms with van der Waals surface area (Å²) in [7, 11) is 4.16. The normalized spacial score (nSPS) is 10.6. The molecule has 0 fully saturated rings. The van der Waals surface area contributed by atoms with E-state index in [1.54, 1.807) is 0 Å². The molecule has 0 spiro atoms. The van der Waals surface area contributed by atoms with Crippen LogP contribution in [0.25, 0.3) is 0 Å². The number of rotatable bonds is 7. The van der Waals surface area contributed by atoms with Gasteiger partial charge in [0.15, 0.2) is 6.29 Å². The third-order valence-electron chi connectivity index (χ3n) is 2.82. The van der Waals surface area contributed by atoms with Crippen molar-refractivity contribution in [2.24, 2.45) is 0 Å². The largest absolute Gasteiger partial charge is 0.371 e. The molecule has 0 saturated carbocycles. The van der Waals surface area contributed by atoms with Gasteiger partial charge in [0.2, 0.25) is 0 Å². The van der Waals surface area contributed by atoms with Gasteiger partial charge in [-0.15, -0.1) is 0 Å². The highest BCUT2D eigenvalue weighted by atomic mass is 16.1. The fourth-order valence-corrected chi connectivity index (χ4v) is 1.90. The molecule has 0 bridgehead atoms. The van der Waals surface area contributed by atoms with Gasteiger partial charge >= 0.3 is 0 Å². The molecular weight excluding hydrogens is 212 g/mol. The molecular formula is C14H22N2O. The minimum atomic E-state index is 0.777. The molecule has 0 heterocycles. The van der Waals surface area contributed by atoms with Crippen LogP contribution in [-0.2, 0) is 0 Å². The van der Waals surface area contributed by atoms with Gasteiger partial charge in [0.1, 0.15) is 0 Å². The Morgan fingerprint density at radius 1 is 1.18 bits per heavy atom. The van der Waals surface area contributed by atoms with Crippen molar-refractivity contribution in [2.45, 2.75) is 13.3 Å². The summed E-state index contributed by atoms with van der Waals surface area (Å²) < 4.78 is 0. The maximum absolute atomic E-state index is 11.0. The van der Waals surface area contributed by atoms with E-state index in [9.17, 15) is 4.79 Å². The lowest BCUT2D eigenvalue weighted by molar-refractivity contribution is 0.112. The minimum Gasteiger partial charge on any atom is -0.371 e. The van der Waals surface area contributed by atoms with Crippen molar-refractivity contribution in [1.82, 2.24) is 4.90 Å². The van der Waals surface area contributed by atoms with E-state index in [0.717, 1.165) is 43.6 Å². The van der Waals surface area contributed by atoms with E-state index >= 15 is 0 Å². The van der Waals surface area contributed by atoms with Gasteiger partial charge in [-0.05, 0) is 46.1 Å². The maximum Gasteiger partial charge on any atom is 0.152 e. The Morgan fingerprint density at radius 3 is 2.47 bits per heavy atom. The molecule has 3 nitrogen and oxygen atoms in total. The van der Waals surface area contributed by atoms with Gasteiger partial charge in [0, 0.05) is 24.3 Å². The molecule has 1 aromatic carbocycles. The van der Waals surface area contributed by atoms with Crippen LogP contribution in [0.4, 0.5) is 5.69 Å². The Bertz CT molecular complexity index is 350. The first-order chi connectivity index (χ1) is 8.19. The molecule has 1 aromatic rings. The van der Waals surface area contributed by atoms with E-state index < -0.39 is 0 Å². The zero-order valence-electron chi connectivity index (χ0n) is 11.0. The van der Waals surface area contributed by atoms with Crippen molar-refractivity contribution in [3.8, 4) is 0 Å². The number of anilines is 1. The van der Waals surface area contributed by atoms with Crippen molar-refractivity contribution in [3.63, 3.8) is 0 Å². The van der Waals surface area contributed by atoms with E-state index in [4.69, 9.17) is 0 Å². The summed E-state index contributed by atoms with van der Waals surface area (Å²) in [5.41, 5.74) is 1.82. The molecule has 0 amide bonds. The molecule has 94 valence electrons. The fraction of sp³-hybridized carbons (Fsp3) is 0.500. The summed E-state index contributed by atoms with van der Waals surface area (Å²) in [5.74, 6) is 0. The van der Waals surface area contributed by atoms with Crippen molar-refractivity contribution in [1.29, 1.82) is 0 Å². The molecule has 0 aromatic heterocycles. The second kappa shape index (κ2) is 7.07. The van der Waals surface area contributed by atoms with Crippen LogP contribution in [0.2, 0.25) is 0 Å². The standard InChI is InChI=1S/C14H22N2O/c1-4-16(11-7-10-15(2)3)14-9-6-5-8-13(14)12-17/h5-6,8-9,12H,4,7,10-11H2,1-3H3. The Kier molecular flexibility index (Phi) is 5.70. The van der Waals surface area contributed by atoms with Crippen molar-refractivity contribution in [3.05, 3.63) is 29.8 Å². The van der Waals surface area contributed by atoms with Gasteiger partial charge in [0.25, 0.3) is 0 Å². The van der Waals surface area contributed by atoms with Crippen molar-refractivity contribution in [2.75, 3.05) is 38.6 Å². The highest BCUT2D eigenvalue weighted by molar-refractivity contribution is 5.84. The van der Waals surface area contributed by atoms with Crippen LogP contribution in [0.3, 0.4) is 0 Å². The Labute approximate surface area is 104 Å². The topological polar surface area (TPSA) is 23.6 Å². The summed E-state index contributed by atoms with van der Waals surface area (Å²) in [4.78, 5) is 15.4. The number of nitrogens with zero attached hydrogens (tertiary/aromatic N) is 2. The first-order valence-electron chi connectivity index (χ1n) is 6.13. The van der Waals surface area contributed by atoms with Crippen LogP contribution < -0.4 is 4.90 Å². The van der Waals surface area contributed by atoms with Gasteiger partial charge in [-0.1, -0.05) is 12.1 Å². The SMILES string of the molecule is CCN(CCCN(C)C)c1ccccc1C=O. The highest BCUT2D eigenvalue weighted by Gasteiger charge is 2.08. The predicted molar refractivity (Wildman–Crippen MR) is 72.9 cm³/mol. The molecule has 3 heteroatoms. The number of hydrogen-bond acceptors (Lipinski definition) is 3. The molecule has 0 aliphatic heterocycles. The van der Waals surface area contributed by atoms with Crippen LogP contribution in [0.1, 0.15) is 23.7 Å². The molecule has 17 heavy (non-hydrogen) atoms. The Balaban J connectivity index is 2.68.